The highest BCUT2D eigenvalue weighted by atomic mass is 79.9. The Hall–Kier alpha value is -1.00. The zero-order valence-corrected chi connectivity index (χ0v) is 14.9. The van der Waals surface area contributed by atoms with Crippen LogP contribution in [0.3, 0.4) is 0 Å². The van der Waals surface area contributed by atoms with Crippen molar-refractivity contribution < 1.29 is 9.47 Å². The molecule has 21 heavy (non-hydrogen) atoms. The van der Waals surface area contributed by atoms with E-state index in [1.54, 1.807) is 0 Å². The van der Waals surface area contributed by atoms with E-state index >= 15 is 0 Å². The second-order valence-electron chi connectivity index (χ2n) is 5.20. The van der Waals surface area contributed by atoms with Crippen molar-refractivity contribution in [2.24, 2.45) is 0 Å². The van der Waals surface area contributed by atoms with E-state index in [2.05, 4.69) is 63.0 Å². The van der Waals surface area contributed by atoms with E-state index in [4.69, 9.17) is 9.47 Å². The molecule has 0 N–H and O–H groups in total. The van der Waals surface area contributed by atoms with Gasteiger partial charge in [0.2, 0.25) is 0 Å². The molecule has 1 atom stereocenters. The summed E-state index contributed by atoms with van der Waals surface area (Å²) in [6.45, 7) is 3.41. The molecule has 2 aromatic carbocycles. The van der Waals surface area contributed by atoms with E-state index in [0.717, 1.165) is 32.4 Å². The van der Waals surface area contributed by atoms with Gasteiger partial charge >= 0.3 is 0 Å². The molecule has 110 valence electrons. The number of benzene rings is 2. The molecule has 0 radical (unpaired) electrons. The molecule has 0 aromatic heterocycles. The zero-order chi connectivity index (χ0) is 14.8. The molecular formula is C17H16Br2O2. The fourth-order valence-electron chi connectivity index (χ4n) is 2.66. The van der Waals surface area contributed by atoms with Crippen molar-refractivity contribution in [3.05, 3.63) is 57.6 Å². The molecule has 1 heterocycles. The van der Waals surface area contributed by atoms with Crippen LogP contribution < -0.4 is 9.47 Å². The van der Waals surface area contributed by atoms with Crippen molar-refractivity contribution in [1.82, 2.24) is 0 Å². The summed E-state index contributed by atoms with van der Waals surface area (Å²) in [7, 11) is 0. The summed E-state index contributed by atoms with van der Waals surface area (Å²) >= 11 is 7.06. The maximum atomic E-state index is 6.12. The normalized spacial score (nSPS) is 16.4. The first-order chi connectivity index (χ1) is 10.2. The van der Waals surface area contributed by atoms with Crippen molar-refractivity contribution in [1.29, 1.82) is 0 Å². The van der Waals surface area contributed by atoms with Crippen molar-refractivity contribution in [3.8, 4) is 11.5 Å². The average molecular weight is 412 g/mol. The number of para-hydroxylation sites is 1. The number of ether oxygens (including phenoxy) is 2. The minimum atomic E-state index is 0.299. The van der Waals surface area contributed by atoms with Crippen molar-refractivity contribution in [2.75, 3.05) is 13.2 Å². The van der Waals surface area contributed by atoms with E-state index in [1.165, 1.54) is 5.56 Å². The van der Waals surface area contributed by atoms with Crippen LogP contribution in [0.5, 0.6) is 11.5 Å². The summed E-state index contributed by atoms with van der Waals surface area (Å²) in [6.07, 6.45) is 0. The Morgan fingerprint density at radius 1 is 1.29 bits per heavy atom. The molecule has 1 aliphatic heterocycles. The Balaban J connectivity index is 1.78. The monoisotopic (exact) mass is 410 g/mol. The van der Waals surface area contributed by atoms with Gasteiger partial charge in [-0.3, -0.25) is 0 Å². The lowest BCUT2D eigenvalue weighted by Crippen LogP contribution is -2.13. The van der Waals surface area contributed by atoms with Crippen molar-refractivity contribution in [3.63, 3.8) is 0 Å². The highest BCUT2D eigenvalue weighted by Gasteiger charge is 2.24. The Labute approximate surface area is 141 Å². The molecule has 0 bridgehead atoms. The summed E-state index contributed by atoms with van der Waals surface area (Å²) in [4.78, 5) is 0. The van der Waals surface area contributed by atoms with E-state index in [9.17, 15) is 0 Å². The van der Waals surface area contributed by atoms with Gasteiger partial charge in [-0.2, -0.15) is 0 Å². The SMILES string of the molecule is Cc1cc(Br)cc(CBr)c1OCC1COc2ccccc21. The molecule has 2 aromatic rings. The van der Waals surface area contributed by atoms with Gasteiger partial charge in [0, 0.05) is 20.9 Å². The van der Waals surface area contributed by atoms with Crippen LogP contribution in [0.25, 0.3) is 0 Å². The molecule has 0 aliphatic carbocycles. The minimum Gasteiger partial charge on any atom is -0.493 e. The van der Waals surface area contributed by atoms with E-state index < -0.39 is 0 Å². The second-order valence-corrected chi connectivity index (χ2v) is 6.68. The number of alkyl halides is 1. The molecular weight excluding hydrogens is 396 g/mol. The Morgan fingerprint density at radius 2 is 2.10 bits per heavy atom. The number of halogens is 2. The van der Waals surface area contributed by atoms with Crippen molar-refractivity contribution in [2.45, 2.75) is 18.2 Å². The van der Waals surface area contributed by atoms with Crippen LogP contribution >= 0.6 is 31.9 Å². The third-order valence-electron chi connectivity index (χ3n) is 3.69. The Kier molecular flexibility index (Phi) is 4.55. The van der Waals surface area contributed by atoms with Gasteiger partial charge in [0.1, 0.15) is 11.5 Å². The lowest BCUT2D eigenvalue weighted by Gasteiger charge is -2.16. The lowest BCUT2D eigenvalue weighted by molar-refractivity contribution is 0.246. The van der Waals surface area contributed by atoms with Gasteiger partial charge in [0.15, 0.2) is 0 Å². The van der Waals surface area contributed by atoms with E-state index in [0.29, 0.717) is 19.1 Å². The number of fused-ring (bicyclic) bond motifs is 1. The lowest BCUT2D eigenvalue weighted by atomic mass is 10.0. The first-order valence-corrected chi connectivity index (χ1v) is 8.80. The topological polar surface area (TPSA) is 18.5 Å². The third-order valence-corrected chi connectivity index (χ3v) is 4.75. The van der Waals surface area contributed by atoms with Crippen LogP contribution in [0, 0.1) is 6.92 Å². The molecule has 1 aliphatic rings. The first-order valence-electron chi connectivity index (χ1n) is 6.88. The predicted octanol–water partition coefficient (Wildman–Crippen LogP) is 5.21. The highest BCUT2D eigenvalue weighted by Crippen LogP contribution is 2.35. The summed E-state index contributed by atoms with van der Waals surface area (Å²) in [5.74, 6) is 2.26. The molecule has 4 heteroatoms. The summed E-state index contributed by atoms with van der Waals surface area (Å²) in [5.41, 5.74) is 3.55. The van der Waals surface area contributed by atoms with Gasteiger partial charge in [-0.1, -0.05) is 50.1 Å². The van der Waals surface area contributed by atoms with Gasteiger partial charge in [0.25, 0.3) is 0 Å². The van der Waals surface area contributed by atoms with Crippen molar-refractivity contribution >= 4 is 31.9 Å². The summed E-state index contributed by atoms with van der Waals surface area (Å²) in [6, 6.07) is 12.4. The first kappa shape index (κ1) is 14.9. The van der Waals surface area contributed by atoms with Gasteiger partial charge in [-0.15, -0.1) is 0 Å². The van der Waals surface area contributed by atoms with E-state index in [1.807, 2.05) is 12.1 Å². The molecule has 2 nitrogen and oxygen atoms in total. The Bertz CT molecular complexity index is 655. The zero-order valence-electron chi connectivity index (χ0n) is 11.7. The second kappa shape index (κ2) is 6.41. The molecule has 0 fully saturated rings. The van der Waals surface area contributed by atoms with Crippen LogP contribution in [0.4, 0.5) is 0 Å². The Morgan fingerprint density at radius 3 is 2.90 bits per heavy atom. The standard InChI is InChI=1S/C17H16Br2O2/c1-11-6-14(19)7-12(8-18)17(11)21-10-13-9-20-16-5-3-2-4-15(13)16/h2-7,13H,8-10H2,1H3. The van der Waals surface area contributed by atoms with Gasteiger partial charge < -0.3 is 9.47 Å². The molecule has 0 spiro atoms. The number of hydrogen-bond acceptors (Lipinski definition) is 2. The highest BCUT2D eigenvalue weighted by molar-refractivity contribution is 9.10. The van der Waals surface area contributed by atoms with Gasteiger partial charge in [-0.25, -0.2) is 0 Å². The fraction of sp³-hybridized carbons (Fsp3) is 0.294. The van der Waals surface area contributed by atoms with Crippen LogP contribution in [0.2, 0.25) is 0 Å². The predicted molar refractivity (Wildman–Crippen MR) is 91.7 cm³/mol. The van der Waals surface area contributed by atoms with Crippen LogP contribution in [-0.2, 0) is 5.33 Å². The van der Waals surface area contributed by atoms with Crippen LogP contribution in [0.15, 0.2) is 40.9 Å². The maximum absolute atomic E-state index is 6.12. The third kappa shape index (κ3) is 3.11. The molecule has 0 saturated carbocycles. The fourth-order valence-corrected chi connectivity index (χ4v) is 3.69. The largest absolute Gasteiger partial charge is 0.493 e. The number of hydrogen-bond donors (Lipinski definition) is 0. The van der Waals surface area contributed by atoms with Crippen LogP contribution in [0.1, 0.15) is 22.6 Å². The maximum Gasteiger partial charge on any atom is 0.126 e. The quantitative estimate of drug-likeness (QED) is 0.643. The number of aryl methyl sites for hydroxylation is 1. The number of rotatable bonds is 4. The van der Waals surface area contributed by atoms with Gasteiger partial charge in [-0.05, 0) is 30.7 Å². The molecule has 3 rings (SSSR count). The minimum absolute atomic E-state index is 0.299. The molecule has 1 unspecified atom stereocenters. The average Bonchev–Trinajstić information content (AvgIpc) is 2.89. The molecule has 0 saturated heterocycles. The summed E-state index contributed by atoms with van der Waals surface area (Å²) < 4.78 is 12.9. The van der Waals surface area contributed by atoms with Crippen LogP contribution in [-0.4, -0.2) is 13.2 Å². The summed E-state index contributed by atoms with van der Waals surface area (Å²) in [5, 5.41) is 0.778. The molecule has 0 amide bonds. The van der Waals surface area contributed by atoms with E-state index in [-0.39, 0.29) is 0 Å². The smallest absolute Gasteiger partial charge is 0.126 e. The van der Waals surface area contributed by atoms with Gasteiger partial charge in [0.05, 0.1) is 19.1 Å².